The van der Waals surface area contributed by atoms with E-state index in [1.54, 1.807) is 0 Å². The van der Waals surface area contributed by atoms with Crippen molar-refractivity contribution in [2.75, 3.05) is 6.61 Å². The van der Waals surface area contributed by atoms with E-state index in [1.807, 2.05) is 12.1 Å². The van der Waals surface area contributed by atoms with Gasteiger partial charge in [0, 0.05) is 6.10 Å². The molecule has 0 aliphatic rings. The zero-order valence-corrected chi connectivity index (χ0v) is 32.7. The summed E-state index contributed by atoms with van der Waals surface area (Å²) in [5.74, 6) is 0. The van der Waals surface area contributed by atoms with Crippen molar-refractivity contribution < 1.29 is 19.1 Å². The number of aliphatic hydroxyl groups excluding tert-OH is 2. The Morgan fingerprint density at radius 2 is 0.959 bits per heavy atom. The molecule has 0 fully saturated rings. The number of rotatable bonds is 16. The molecule has 4 aromatic rings. The zero-order valence-electron chi connectivity index (χ0n) is 30.7. The Balaban J connectivity index is 1.49. The highest BCUT2D eigenvalue weighted by Crippen LogP contribution is 2.39. The van der Waals surface area contributed by atoms with Crippen molar-refractivity contribution in [2.24, 2.45) is 0 Å². The summed E-state index contributed by atoms with van der Waals surface area (Å²) < 4.78 is 14.5. The van der Waals surface area contributed by atoms with Crippen LogP contribution in [0.15, 0.2) is 133 Å². The lowest BCUT2D eigenvalue weighted by Crippen LogP contribution is -2.68. The summed E-state index contributed by atoms with van der Waals surface area (Å²) >= 11 is 0. The van der Waals surface area contributed by atoms with Crippen LogP contribution in [-0.2, 0) is 8.85 Å². The van der Waals surface area contributed by atoms with Crippen molar-refractivity contribution in [2.45, 2.75) is 103 Å². The monoisotopic (exact) mass is 694 g/mol. The molecule has 0 aromatic heterocycles. The van der Waals surface area contributed by atoms with Gasteiger partial charge in [0.1, 0.15) is 6.10 Å². The fourth-order valence-corrected chi connectivity index (χ4v) is 16.7. The van der Waals surface area contributed by atoms with E-state index in [9.17, 15) is 10.2 Å². The fraction of sp³-hybridized carbons (Fsp3) is 0.395. The molecule has 0 spiro atoms. The smallest absolute Gasteiger partial charge is 0.261 e. The van der Waals surface area contributed by atoms with Crippen LogP contribution in [0.5, 0.6) is 0 Å². The number of aliphatic hydroxyl groups is 2. The summed E-state index contributed by atoms with van der Waals surface area (Å²) in [5.41, 5.74) is 0. The molecule has 4 nitrogen and oxygen atoms in total. The molecule has 0 aliphatic heterocycles. The molecular weight excluding hydrogens is 637 g/mol. The van der Waals surface area contributed by atoms with Gasteiger partial charge in [-0.25, -0.2) is 0 Å². The van der Waals surface area contributed by atoms with E-state index >= 15 is 0 Å². The van der Waals surface area contributed by atoms with Crippen LogP contribution in [0.3, 0.4) is 0 Å². The van der Waals surface area contributed by atoms with Gasteiger partial charge >= 0.3 is 0 Å². The molecular formula is C43H58O4Si2. The third-order valence-electron chi connectivity index (χ3n) is 9.67. The summed E-state index contributed by atoms with van der Waals surface area (Å²) in [6.07, 6.45) is 6.19. The van der Waals surface area contributed by atoms with E-state index in [2.05, 4.69) is 170 Å². The molecule has 6 heteroatoms. The average Bonchev–Trinajstić information content (AvgIpc) is 3.10. The highest BCUT2D eigenvalue weighted by atomic mass is 28.4. The lowest BCUT2D eigenvalue weighted by atomic mass is 10.1. The Morgan fingerprint density at radius 3 is 1.31 bits per heavy atom. The van der Waals surface area contributed by atoms with Gasteiger partial charge in [-0.1, -0.05) is 175 Å². The summed E-state index contributed by atoms with van der Waals surface area (Å²) in [7, 11) is -5.49. The van der Waals surface area contributed by atoms with E-state index in [-0.39, 0.29) is 22.8 Å². The van der Waals surface area contributed by atoms with Crippen molar-refractivity contribution in [3.63, 3.8) is 0 Å². The maximum atomic E-state index is 11.1. The highest BCUT2D eigenvalue weighted by molar-refractivity contribution is 7.00. The van der Waals surface area contributed by atoms with Crippen LogP contribution in [0.2, 0.25) is 10.1 Å². The van der Waals surface area contributed by atoms with Crippen molar-refractivity contribution >= 4 is 37.4 Å². The largest absolute Gasteiger partial charge is 0.405 e. The van der Waals surface area contributed by atoms with Crippen molar-refractivity contribution in [3.8, 4) is 0 Å². The van der Waals surface area contributed by atoms with E-state index in [0.717, 1.165) is 29.6 Å². The van der Waals surface area contributed by atoms with Crippen LogP contribution in [-0.4, -0.2) is 51.8 Å². The minimum atomic E-state index is -2.89. The van der Waals surface area contributed by atoms with Crippen LogP contribution in [0.4, 0.5) is 0 Å². The van der Waals surface area contributed by atoms with Crippen LogP contribution in [0.1, 0.15) is 74.1 Å². The molecule has 0 unspecified atom stereocenters. The topological polar surface area (TPSA) is 58.9 Å². The summed E-state index contributed by atoms with van der Waals surface area (Å²) in [5, 5.41) is 25.8. The molecule has 4 aromatic carbocycles. The van der Waals surface area contributed by atoms with Crippen molar-refractivity contribution in [3.05, 3.63) is 133 Å². The van der Waals surface area contributed by atoms with Gasteiger partial charge in [0.15, 0.2) is 0 Å². The lowest BCUT2D eigenvalue weighted by Gasteiger charge is -2.45. The molecule has 0 bridgehead atoms. The second-order valence-corrected chi connectivity index (χ2v) is 23.8. The maximum Gasteiger partial charge on any atom is 0.261 e. The average molecular weight is 695 g/mol. The normalized spacial score (nSPS) is 14.9. The first-order valence-electron chi connectivity index (χ1n) is 17.9. The lowest BCUT2D eigenvalue weighted by molar-refractivity contribution is -0.00374. The van der Waals surface area contributed by atoms with Crippen molar-refractivity contribution in [1.82, 2.24) is 0 Å². The summed E-state index contributed by atoms with van der Waals surface area (Å²) in [4.78, 5) is 0. The molecule has 4 rings (SSSR count). The minimum Gasteiger partial charge on any atom is -0.405 e. The molecule has 262 valence electrons. The van der Waals surface area contributed by atoms with E-state index in [1.165, 1.54) is 10.4 Å². The molecule has 0 saturated heterocycles. The first-order valence-corrected chi connectivity index (χ1v) is 21.7. The second-order valence-electron chi connectivity index (χ2n) is 15.3. The molecule has 49 heavy (non-hydrogen) atoms. The molecule has 0 heterocycles. The van der Waals surface area contributed by atoms with E-state index < -0.39 is 28.8 Å². The Hall–Kier alpha value is -3.11. The first-order chi connectivity index (χ1) is 23.4. The van der Waals surface area contributed by atoms with Crippen LogP contribution in [0.25, 0.3) is 0 Å². The Morgan fingerprint density at radius 1 is 0.592 bits per heavy atom. The molecule has 3 atom stereocenters. The molecule has 0 saturated carbocycles. The standard InChI is InChI=1S/C43H58O4Si2/c1-35(46-48(42(2,3)4,36-25-15-10-16-26-36)37-27-17-11-18-28-37)24-14-8-9-23-33-41(40(45)34-44)47-49(43(5,6)7,38-29-19-12-20-30-38)39-31-21-13-22-32-39/h9-13,15-23,25-32,35,40-41,44-45H,8,14,24,33-34H2,1-7H3/b23-9+/t35-,40-,41+/m1/s1. The number of unbranched alkanes of at least 4 members (excludes halogenated alkanes) is 1. The minimum absolute atomic E-state index is 0.0580. The Kier molecular flexibility index (Phi) is 13.6. The van der Waals surface area contributed by atoms with Gasteiger partial charge < -0.3 is 19.1 Å². The van der Waals surface area contributed by atoms with Crippen LogP contribution >= 0.6 is 0 Å². The number of hydrogen-bond donors (Lipinski definition) is 2. The predicted molar refractivity (Wildman–Crippen MR) is 211 cm³/mol. The van der Waals surface area contributed by atoms with Gasteiger partial charge in [-0.05, 0) is 63.4 Å². The van der Waals surface area contributed by atoms with Crippen molar-refractivity contribution in [1.29, 1.82) is 0 Å². The fourth-order valence-electron chi connectivity index (χ4n) is 7.24. The number of allylic oxidation sites excluding steroid dienone is 1. The Bertz CT molecular complexity index is 1470. The van der Waals surface area contributed by atoms with Gasteiger partial charge in [-0.15, -0.1) is 0 Å². The van der Waals surface area contributed by atoms with Gasteiger partial charge in [0.05, 0.1) is 12.7 Å². The van der Waals surface area contributed by atoms with E-state index in [0.29, 0.717) is 6.42 Å². The number of hydrogen-bond acceptors (Lipinski definition) is 4. The molecule has 0 amide bonds. The van der Waals surface area contributed by atoms with Crippen LogP contribution in [0, 0.1) is 0 Å². The third kappa shape index (κ3) is 8.98. The summed E-state index contributed by atoms with van der Waals surface area (Å²) in [6, 6.07) is 42.5. The second kappa shape index (κ2) is 17.2. The van der Waals surface area contributed by atoms with Crippen LogP contribution < -0.4 is 20.7 Å². The molecule has 0 radical (unpaired) electrons. The third-order valence-corrected chi connectivity index (χ3v) is 19.9. The SMILES string of the molecule is C[C@H](CCC/C=C/C[C@H](O[Si](c1ccccc1)(c1ccccc1)C(C)(C)C)[C@H](O)CO)O[Si](c1ccccc1)(c1ccccc1)C(C)(C)C. The number of benzene rings is 4. The van der Waals surface area contributed by atoms with Gasteiger partial charge in [0.25, 0.3) is 16.6 Å². The zero-order chi connectivity index (χ0) is 35.5. The van der Waals surface area contributed by atoms with Gasteiger partial charge in [-0.3, -0.25) is 0 Å². The highest BCUT2D eigenvalue weighted by Gasteiger charge is 2.52. The predicted octanol–water partition coefficient (Wildman–Crippen LogP) is 7.37. The van der Waals surface area contributed by atoms with E-state index in [4.69, 9.17) is 8.85 Å². The van der Waals surface area contributed by atoms with Gasteiger partial charge in [0.2, 0.25) is 0 Å². The molecule has 2 N–H and O–H groups in total. The quantitative estimate of drug-likeness (QED) is 0.0731. The maximum absolute atomic E-state index is 11.1. The first kappa shape index (κ1) is 38.7. The summed E-state index contributed by atoms with van der Waals surface area (Å²) in [6.45, 7) is 15.5. The van der Waals surface area contributed by atoms with Gasteiger partial charge in [-0.2, -0.15) is 0 Å². The molecule has 0 aliphatic carbocycles. The Labute approximate surface area is 298 Å².